The van der Waals surface area contributed by atoms with E-state index in [1.54, 1.807) is 13.8 Å². The molecule has 0 unspecified atom stereocenters. The summed E-state index contributed by atoms with van der Waals surface area (Å²) in [6, 6.07) is 0. The van der Waals surface area contributed by atoms with Crippen LogP contribution in [0.4, 0.5) is 12.9 Å². The van der Waals surface area contributed by atoms with Crippen LogP contribution in [0, 0.1) is 0 Å². The van der Waals surface area contributed by atoms with E-state index in [0.29, 0.717) is 0 Å². The molecular weight excluding hydrogens is 180 g/mol. The van der Waals surface area contributed by atoms with Crippen LogP contribution in [0.1, 0.15) is 25.5 Å². The average Bonchev–Trinajstić information content (AvgIpc) is 2.03. The van der Waals surface area contributed by atoms with E-state index < -0.39 is 12.4 Å². The van der Waals surface area contributed by atoms with Crippen molar-refractivity contribution in [2.75, 3.05) is 0 Å². The molecular formula is C7H9BF3N2-. The van der Waals surface area contributed by atoms with Gasteiger partial charge >= 0.3 is 6.98 Å². The molecule has 0 aliphatic heterocycles. The van der Waals surface area contributed by atoms with Crippen molar-refractivity contribution in [3.05, 3.63) is 18.2 Å². The summed E-state index contributed by atoms with van der Waals surface area (Å²) in [4.78, 5) is 7.01. The van der Waals surface area contributed by atoms with Crippen LogP contribution < -0.4 is 5.46 Å². The lowest BCUT2D eigenvalue weighted by Crippen LogP contribution is -2.38. The van der Waals surface area contributed by atoms with Crippen molar-refractivity contribution in [2.45, 2.75) is 19.8 Å². The summed E-state index contributed by atoms with van der Waals surface area (Å²) in [5, 5.41) is 0. The van der Waals surface area contributed by atoms with Gasteiger partial charge in [-0.2, -0.15) is 0 Å². The molecule has 1 aromatic heterocycles. The SMILES string of the molecule is CC(C)c1ncncc1[B-](F)(F)F. The Balaban J connectivity index is 3.20. The maximum Gasteiger partial charge on any atom is 0.512 e. The highest BCUT2D eigenvalue weighted by Gasteiger charge is 2.29. The Labute approximate surface area is 74.3 Å². The van der Waals surface area contributed by atoms with Gasteiger partial charge in [0.1, 0.15) is 6.33 Å². The predicted octanol–water partition coefficient (Wildman–Crippen LogP) is 1.65. The summed E-state index contributed by atoms with van der Waals surface area (Å²) < 4.78 is 37.2. The lowest BCUT2D eigenvalue weighted by Gasteiger charge is -2.19. The normalized spacial score (nSPS) is 12.2. The van der Waals surface area contributed by atoms with E-state index in [4.69, 9.17) is 0 Å². The summed E-state index contributed by atoms with van der Waals surface area (Å²) in [6.45, 7) is -1.64. The third-order valence-corrected chi connectivity index (χ3v) is 1.67. The zero-order valence-electron chi connectivity index (χ0n) is 7.34. The summed E-state index contributed by atoms with van der Waals surface area (Å²) in [7, 11) is 0. The first-order valence-corrected chi connectivity index (χ1v) is 3.92. The van der Waals surface area contributed by atoms with E-state index in [0.717, 1.165) is 12.5 Å². The number of hydrogen-bond donors (Lipinski definition) is 0. The Morgan fingerprint density at radius 2 is 1.92 bits per heavy atom. The van der Waals surface area contributed by atoms with Crippen LogP contribution in [-0.2, 0) is 0 Å². The Morgan fingerprint density at radius 1 is 1.31 bits per heavy atom. The molecule has 1 rings (SSSR count). The average molecular weight is 189 g/mol. The molecule has 1 heterocycles. The van der Waals surface area contributed by atoms with E-state index in [-0.39, 0.29) is 11.6 Å². The molecule has 0 fully saturated rings. The molecule has 0 atom stereocenters. The van der Waals surface area contributed by atoms with Gasteiger partial charge in [-0.25, -0.2) is 9.97 Å². The van der Waals surface area contributed by atoms with Crippen LogP contribution in [0.15, 0.2) is 12.5 Å². The zero-order chi connectivity index (χ0) is 10.1. The first-order valence-electron chi connectivity index (χ1n) is 3.92. The van der Waals surface area contributed by atoms with Gasteiger partial charge in [-0.3, -0.25) is 0 Å². The summed E-state index contributed by atoms with van der Waals surface area (Å²) in [5.74, 6) is -0.235. The van der Waals surface area contributed by atoms with E-state index in [9.17, 15) is 12.9 Å². The highest BCUT2D eigenvalue weighted by Crippen LogP contribution is 2.15. The topological polar surface area (TPSA) is 25.8 Å². The van der Waals surface area contributed by atoms with Gasteiger partial charge in [0.2, 0.25) is 0 Å². The minimum atomic E-state index is -4.99. The Hall–Kier alpha value is -1.07. The van der Waals surface area contributed by atoms with Gasteiger partial charge in [0, 0.05) is 11.9 Å². The minimum absolute atomic E-state index is 0.0718. The number of nitrogens with zero attached hydrogens (tertiary/aromatic N) is 2. The second-order valence-corrected chi connectivity index (χ2v) is 3.09. The highest BCUT2D eigenvalue weighted by atomic mass is 19.4. The van der Waals surface area contributed by atoms with Gasteiger partial charge in [-0.15, -0.1) is 0 Å². The molecule has 0 spiro atoms. The highest BCUT2D eigenvalue weighted by molar-refractivity contribution is 6.73. The molecule has 0 aliphatic rings. The fourth-order valence-corrected chi connectivity index (χ4v) is 1.08. The molecule has 0 aromatic carbocycles. The first-order chi connectivity index (χ1) is 5.93. The number of aromatic nitrogens is 2. The van der Waals surface area contributed by atoms with Gasteiger partial charge in [0.05, 0.1) is 0 Å². The van der Waals surface area contributed by atoms with Crippen molar-refractivity contribution < 1.29 is 12.9 Å². The maximum absolute atomic E-state index is 12.4. The second kappa shape index (κ2) is 3.36. The molecule has 13 heavy (non-hydrogen) atoms. The molecule has 0 saturated heterocycles. The predicted molar refractivity (Wildman–Crippen MR) is 44.8 cm³/mol. The van der Waals surface area contributed by atoms with Crippen LogP contribution >= 0.6 is 0 Å². The summed E-state index contributed by atoms with van der Waals surface area (Å²) in [6.07, 6.45) is 1.98. The number of rotatable bonds is 2. The lowest BCUT2D eigenvalue weighted by molar-refractivity contribution is 0.498. The maximum atomic E-state index is 12.4. The van der Waals surface area contributed by atoms with E-state index in [1.165, 1.54) is 0 Å². The van der Waals surface area contributed by atoms with E-state index in [2.05, 4.69) is 9.97 Å². The van der Waals surface area contributed by atoms with Crippen LogP contribution in [-0.4, -0.2) is 16.9 Å². The zero-order valence-corrected chi connectivity index (χ0v) is 7.34. The molecule has 0 N–H and O–H groups in total. The summed E-state index contributed by atoms with van der Waals surface area (Å²) >= 11 is 0. The van der Waals surface area contributed by atoms with Crippen molar-refractivity contribution >= 4 is 12.4 Å². The molecule has 72 valence electrons. The van der Waals surface area contributed by atoms with Gasteiger partial charge in [0.15, 0.2) is 0 Å². The Morgan fingerprint density at radius 3 is 2.31 bits per heavy atom. The standard InChI is InChI=1S/C7H9BF3N2/c1-5(2)7-6(8(9,10)11)3-12-4-13-7/h3-5H,1-2H3/q-1. The number of hydrogen-bond acceptors (Lipinski definition) is 2. The fourth-order valence-electron chi connectivity index (χ4n) is 1.08. The van der Waals surface area contributed by atoms with E-state index in [1.807, 2.05) is 0 Å². The van der Waals surface area contributed by atoms with Crippen LogP contribution in [0.3, 0.4) is 0 Å². The molecule has 0 amide bonds. The first kappa shape index (κ1) is 10.0. The van der Waals surface area contributed by atoms with Gasteiger partial charge < -0.3 is 12.9 Å². The molecule has 0 saturated carbocycles. The minimum Gasteiger partial charge on any atom is -0.445 e. The number of halogens is 3. The van der Waals surface area contributed by atoms with Gasteiger partial charge in [-0.1, -0.05) is 19.3 Å². The smallest absolute Gasteiger partial charge is 0.445 e. The molecule has 0 radical (unpaired) electrons. The molecule has 0 bridgehead atoms. The van der Waals surface area contributed by atoms with Gasteiger partial charge in [0.25, 0.3) is 0 Å². The van der Waals surface area contributed by atoms with Crippen molar-refractivity contribution in [1.29, 1.82) is 0 Å². The third kappa shape index (κ3) is 2.20. The van der Waals surface area contributed by atoms with Crippen LogP contribution in [0.2, 0.25) is 0 Å². The lowest BCUT2D eigenvalue weighted by atomic mass is 9.78. The van der Waals surface area contributed by atoms with E-state index >= 15 is 0 Å². The summed E-state index contributed by atoms with van der Waals surface area (Å²) in [5.41, 5.74) is -0.611. The van der Waals surface area contributed by atoms with Crippen molar-refractivity contribution in [3.8, 4) is 0 Å². The molecule has 0 aliphatic carbocycles. The van der Waals surface area contributed by atoms with Crippen molar-refractivity contribution in [1.82, 2.24) is 9.97 Å². The van der Waals surface area contributed by atoms with Gasteiger partial charge in [-0.05, 0) is 5.92 Å². The van der Waals surface area contributed by atoms with Crippen molar-refractivity contribution in [3.63, 3.8) is 0 Å². The van der Waals surface area contributed by atoms with Crippen LogP contribution in [0.5, 0.6) is 0 Å². The van der Waals surface area contributed by atoms with Crippen LogP contribution in [0.25, 0.3) is 0 Å². The largest absolute Gasteiger partial charge is 0.512 e. The fraction of sp³-hybridized carbons (Fsp3) is 0.429. The Bertz CT molecular complexity index is 298. The molecule has 6 heteroatoms. The van der Waals surface area contributed by atoms with Crippen molar-refractivity contribution in [2.24, 2.45) is 0 Å². The monoisotopic (exact) mass is 189 g/mol. The molecule has 1 aromatic rings. The Kier molecular flexibility index (Phi) is 2.59. The molecule has 2 nitrogen and oxygen atoms in total. The third-order valence-electron chi connectivity index (χ3n) is 1.67. The second-order valence-electron chi connectivity index (χ2n) is 3.09. The quantitative estimate of drug-likeness (QED) is 0.661.